The van der Waals surface area contributed by atoms with Crippen LogP contribution in [0.5, 0.6) is 5.75 Å². The topological polar surface area (TPSA) is 20.2 Å². The number of phenolic OH excluding ortho intramolecular Hbond substituents is 1. The Morgan fingerprint density at radius 1 is 0.750 bits per heavy atom. The number of hydrogen-bond donors (Lipinski definition) is 1. The van der Waals surface area contributed by atoms with E-state index in [1.807, 2.05) is 30.3 Å². The Labute approximate surface area is 144 Å². The molecule has 0 aliphatic carbocycles. The fourth-order valence-corrected chi connectivity index (χ4v) is 3.29. The molecule has 0 aromatic heterocycles. The van der Waals surface area contributed by atoms with E-state index in [0.717, 1.165) is 11.1 Å². The van der Waals surface area contributed by atoms with Gasteiger partial charge in [0.05, 0.1) is 0 Å². The van der Waals surface area contributed by atoms with Gasteiger partial charge < -0.3 is 5.11 Å². The Morgan fingerprint density at radius 2 is 1.33 bits per heavy atom. The maximum Gasteiger partial charge on any atom is 0.119 e. The van der Waals surface area contributed by atoms with Gasteiger partial charge >= 0.3 is 0 Å². The van der Waals surface area contributed by atoms with Gasteiger partial charge in [-0.25, -0.2) is 0 Å². The SMILES string of the molecule is CC(c1ccccc1)c1ccc(C(C)(C)c2ccccc2)c(O)c1. The summed E-state index contributed by atoms with van der Waals surface area (Å²) in [6.45, 7) is 6.47. The van der Waals surface area contributed by atoms with Crippen molar-refractivity contribution in [3.05, 3.63) is 101 Å². The van der Waals surface area contributed by atoms with E-state index in [2.05, 4.69) is 69.3 Å². The molecule has 1 atom stereocenters. The Balaban J connectivity index is 1.96. The van der Waals surface area contributed by atoms with Crippen molar-refractivity contribution >= 4 is 0 Å². The summed E-state index contributed by atoms with van der Waals surface area (Å²) in [4.78, 5) is 0. The van der Waals surface area contributed by atoms with Crippen LogP contribution < -0.4 is 0 Å². The van der Waals surface area contributed by atoms with E-state index in [4.69, 9.17) is 0 Å². The molecule has 1 nitrogen and oxygen atoms in total. The molecule has 0 spiro atoms. The summed E-state index contributed by atoms with van der Waals surface area (Å²) >= 11 is 0. The lowest BCUT2D eigenvalue weighted by Crippen LogP contribution is -2.19. The molecule has 1 heteroatoms. The molecule has 0 saturated carbocycles. The number of hydrogen-bond acceptors (Lipinski definition) is 1. The van der Waals surface area contributed by atoms with Crippen LogP contribution in [0.2, 0.25) is 0 Å². The third-order valence-electron chi connectivity index (χ3n) is 4.99. The molecule has 3 aromatic rings. The first-order chi connectivity index (χ1) is 11.5. The summed E-state index contributed by atoms with van der Waals surface area (Å²) in [6, 6.07) is 26.8. The van der Waals surface area contributed by atoms with Crippen LogP contribution in [-0.2, 0) is 5.41 Å². The molecule has 0 amide bonds. The van der Waals surface area contributed by atoms with E-state index < -0.39 is 0 Å². The van der Waals surface area contributed by atoms with Crippen LogP contribution in [0.25, 0.3) is 0 Å². The van der Waals surface area contributed by atoms with Crippen LogP contribution >= 0.6 is 0 Å². The second-order valence-electron chi connectivity index (χ2n) is 6.90. The van der Waals surface area contributed by atoms with E-state index in [0.29, 0.717) is 5.75 Å². The maximum atomic E-state index is 10.7. The number of aromatic hydroxyl groups is 1. The van der Waals surface area contributed by atoms with Crippen molar-refractivity contribution < 1.29 is 5.11 Å². The van der Waals surface area contributed by atoms with Crippen molar-refractivity contribution in [1.82, 2.24) is 0 Å². The molecule has 122 valence electrons. The van der Waals surface area contributed by atoms with E-state index in [-0.39, 0.29) is 11.3 Å². The van der Waals surface area contributed by atoms with Crippen molar-refractivity contribution in [3.63, 3.8) is 0 Å². The molecule has 1 unspecified atom stereocenters. The predicted octanol–water partition coefficient (Wildman–Crippen LogP) is 5.87. The summed E-state index contributed by atoms with van der Waals surface area (Å²) in [5.41, 5.74) is 4.31. The Morgan fingerprint density at radius 3 is 1.92 bits per heavy atom. The lowest BCUT2D eigenvalue weighted by Gasteiger charge is -2.27. The van der Waals surface area contributed by atoms with Crippen molar-refractivity contribution in [2.75, 3.05) is 0 Å². The van der Waals surface area contributed by atoms with Crippen molar-refractivity contribution in [2.45, 2.75) is 32.1 Å². The highest BCUT2D eigenvalue weighted by molar-refractivity contribution is 5.48. The van der Waals surface area contributed by atoms with Crippen LogP contribution in [0, 0.1) is 0 Å². The molecule has 0 radical (unpaired) electrons. The molecule has 3 rings (SSSR count). The quantitative estimate of drug-likeness (QED) is 0.638. The third kappa shape index (κ3) is 3.07. The number of rotatable bonds is 4. The Hall–Kier alpha value is -2.54. The van der Waals surface area contributed by atoms with E-state index in [9.17, 15) is 5.11 Å². The van der Waals surface area contributed by atoms with Gasteiger partial charge in [0, 0.05) is 16.9 Å². The smallest absolute Gasteiger partial charge is 0.119 e. The van der Waals surface area contributed by atoms with Crippen LogP contribution in [0.4, 0.5) is 0 Å². The zero-order valence-electron chi connectivity index (χ0n) is 14.5. The van der Waals surface area contributed by atoms with Gasteiger partial charge in [-0.1, -0.05) is 93.6 Å². The van der Waals surface area contributed by atoms with Gasteiger partial charge in [-0.3, -0.25) is 0 Å². The minimum absolute atomic E-state index is 0.236. The zero-order valence-corrected chi connectivity index (χ0v) is 14.5. The van der Waals surface area contributed by atoms with Crippen LogP contribution in [-0.4, -0.2) is 5.11 Å². The van der Waals surface area contributed by atoms with Gasteiger partial charge in [0.25, 0.3) is 0 Å². The van der Waals surface area contributed by atoms with Crippen molar-refractivity contribution in [2.24, 2.45) is 0 Å². The zero-order chi connectivity index (χ0) is 17.2. The molecular formula is C23H24O. The Kier molecular flexibility index (Phi) is 4.44. The molecule has 0 saturated heterocycles. The fourth-order valence-electron chi connectivity index (χ4n) is 3.29. The minimum Gasteiger partial charge on any atom is -0.508 e. The summed E-state index contributed by atoms with van der Waals surface area (Å²) in [5, 5.41) is 10.7. The minimum atomic E-state index is -0.236. The van der Waals surface area contributed by atoms with Gasteiger partial charge in [0.2, 0.25) is 0 Å². The molecule has 24 heavy (non-hydrogen) atoms. The summed E-state index contributed by atoms with van der Waals surface area (Å²) < 4.78 is 0. The number of phenols is 1. The second-order valence-corrected chi connectivity index (χ2v) is 6.90. The molecule has 3 aromatic carbocycles. The predicted molar refractivity (Wildman–Crippen MR) is 101 cm³/mol. The Bertz CT molecular complexity index is 804. The first kappa shape index (κ1) is 16.3. The van der Waals surface area contributed by atoms with Gasteiger partial charge in [-0.05, 0) is 22.8 Å². The first-order valence-corrected chi connectivity index (χ1v) is 8.44. The molecular weight excluding hydrogens is 292 g/mol. The molecule has 0 aliphatic rings. The van der Waals surface area contributed by atoms with Gasteiger partial charge in [-0.2, -0.15) is 0 Å². The van der Waals surface area contributed by atoms with E-state index in [1.165, 1.54) is 11.1 Å². The molecule has 0 fully saturated rings. The lowest BCUT2D eigenvalue weighted by atomic mass is 9.77. The van der Waals surface area contributed by atoms with Crippen LogP contribution in [0.15, 0.2) is 78.9 Å². The van der Waals surface area contributed by atoms with Crippen molar-refractivity contribution in [3.8, 4) is 5.75 Å². The van der Waals surface area contributed by atoms with Gasteiger partial charge in [0.15, 0.2) is 0 Å². The highest BCUT2D eigenvalue weighted by Crippen LogP contribution is 2.38. The van der Waals surface area contributed by atoms with E-state index in [1.54, 1.807) is 0 Å². The highest BCUT2D eigenvalue weighted by atomic mass is 16.3. The third-order valence-corrected chi connectivity index (χ3v) is 4.99. The summed E-state index contributed by atoms with van der Waals surface area (Å²) in [6.07, 6.45) is 0. The highest BCUT2D eigenvalue weighted by Gasteiger charge is 2.26. The number of benzene rings is 3. The molecule has 0 bridgehead atoms. The maximum absolute atomic E-state index is 10.7. The summed E-state index contributed by atoms with van der Waals surface area (Å²) in [7, 11) is 0. The van der Waals surface area contributed by atoms with Gasteiger partial charge in [-0.15, -0.1) is 0 Å². The monoisotopic (exact) mass is 316 g/mol. The first-order valence-electron chi connectivity index (χ1n) is 8.44. The molecule has 0 heterocycles. The average molecular weight is 316 g/mol. The van der Waals surface area contributed by atoms with Crippen LogP contribution in [0.1, 0.15) is 48.9 Å². The van der Waals surface area contributed by atoms with Crippen molar-refractivity contribution in [1.29, 1.82) is 0 Å². The van der Waals surface area contributed by atoms with Gasteiger partial charge in [0.1, 0.15) is 5.75 Å². The average Bonchev–Trinajstić information content (AvgIpc) is 2.62. The van der Waals surface area contributed by atoms with E-state index >= 15 is 0 Å². The lowest BCUT2D eigenvalue weighted by molar-refractivity contribution is 0.452. The summed E-state index contributed by atoms with van der Waals surface area (Å²) in [5.74, 6) is 0.620. The molecule has 1 N–H and O–H groups in total. The second kappa shape index (κ2) is 6.52. The standard InChI is InChI=1S/C23H24O/c1-17(18-10-6-4-7-11-18)19-14-15-21(22(24)16-19)23(2,3)20-12-8-5-9-13-20/h4-17,24H,1-3H3. The van der Waals surface area contributed by atoms with Crippen LogP contribution in [0.3, 0.4) is 0 Å². The largest absolute Gasteiger partial charge is 0.508 e. The normalized spacial score (nSPS) is 12.8. The molecule has 0 aliphatic heterocycles. The fraction of sp³-hybridized carbons (Fsp3) is 0.217.